The van der Waals surface area contributed by atoms with Crippen molar-refractivity contribution in [3.8, 4) is 5.82 Å². The summed E-state index contributed by atoms with van der Waals surface area (Å²) in [7, 11) is 0. The second-order valence-electron chi connectivity index (χ2n) is 5.98. The van der Waals surface area contributed by atoms with Crippen molar-refractivity contribution < 1.29 is 18.0 Å². The summed E-state index contributed by atoms with van der Waals surface area (Å²) in [5, 5.41) is 10.1. The van der Waals surface area contributed by atoms with E-state index in [1.54, 1.807) is 13.0 Å². The zero-order chi connectivity index (χ0) is 22.6. The van der Waals surface area contributed by atoms with Crippen LogP contribution in [0, 0.1) is 6.92 Å². The van der Waals surface area contributed by atoms with Crippen LogP contribution < -0.4 is 11.1 Å². The van der Waals surface area contributed by atoms with Crippen LogP contribution in [-0.2, 0) is 4.79 Å². The maximum absolute atomic E-state index is 13.6. The van der Waals surface area contributed by atoms with E-state index in [1.807, 2.05) is 0 Å². The number of carbonyl (C=O) groups excluding carboxylic acids is 1. The number of rotatable bonds is 5. The summed E-state index contributed by atoms with van der Waals surface area (Å²) < 4.78 is 40.9. The Balaban J connectivity index is 1.90. The fourth-order valence-electron chi connectivity index (χ4n) is 2.41. The molecule has 1 amide bonds. The lowest BCUT2D eigenvalue weighted by molar-refractivity contribution is -0.113. The Morgan fingerprint density at radius 1 is 1.29 bits per heavy atom. The summed E-state index contributed by atoms with van der Waals surface area (Å²) in [5.41, 5.74) is 3.43. The molecular weight excluding hydrogens is 437 g/mol. The zero-order valence-corrected chi connectivity index (χ0v) is 16.6. The normalized spacial score (nSPS) is 12.7. The fourth-order valence-corrected chi connectivity index (χ4v) is 2.66. The molecule has 3 aromatic heterocycles. The van der Waals surface area contributed by atoms with E-state index < -0.39 is 23.4 Å². The number of amides is 1. The van der Waals surface area contributed by atoms with Crippen molar-refractivity contribution in [3.05, 3.63) is 65.3 Å². The first-order chi connectivity index (χ1) is 14.7. The van der Waals surface area contributed by atoms with Crippen molar-refractivity contribution in [3.63, 3.8) is 0 Å². The Kier molecular flexibility index (Phi) is 6.30. The molecule has 0 radical (unpaired) electrons. The van der Waals surface area contributed by atoms with Crippen LogP contribution in [0.15, 0.2) is 59.6 Å². The molecule has 3 heterocycles. The topological polar surface area (TPSA) is 124 Å². The van der Waals surface area contributed by atoms with Crippen LogP contribution >= 0.6 is 11.6 Å². The number of aromatic nitrogens is 5. The first-order valence-corrected chi connectivity index (χ1v) is 8.92. The van der Waals surface area contributed by atoms with Crippen LogP contribution in [0.2, 0.25) is 5.02 Å². The molecule has 13 heteroatoms. The summed E-state index contributed by atoms with van der Waals surface area (Å²) in [6.45, 7) is 1.60. The van der Waals surface area contributed by atoms with Gasteiger partial charge in [-0.1, -0.05) is 17.7 Å². The van der Waals surface area contributed by atoms with Gasteiger partial charge in [0.2, 0.25) is 0 Å². The molecular formula is C18H14ClF3N8O. The van der Waals surface area contributed by atoms with Gasteiger partial charge in [-0.25, -0.2) is 15.0 Å². The predicted octanol–water partition coefficient (Wildman–Crippen LogP) is 3.14. The Morgan fingerprint density at radius 2 is 2.00 bits per heavy atom. The molecule has 0 aliphatic rings. The molecule has 0 aliphatic carbocycles. The van der Waals surface area contributed by atoms with Crippen LogP contribution in [0.3, 0.4) is 0 Å². The van der Waals surface area contributed by atoms with Crippen LogP contribution in [0.5, 0.6) is 0 Å². The number of aliphatic imine (C=N–C) groups is 1. The molecule has 0 aromatic carbocycles. The molecule has 0 fully saturated rings. The number of halogens is 4. The molecule has 0 bridgehead atoms. The Labute approximate surface area is 178 Å². The number of nitrogens with two attached hydrogens (primary N) is 1. The number of nitrogens with zero attached hydrogens (tertiary/aromatic N) is 6. The maximum Gasteiger partial charge on any atom is 0.434 e. The van der Waals surface area contributed by atoms with Crippen LogP contribution in [0.4, 0.5) is 24.7 Å². The smallest absolute Gasteiger partial charge is 0.404 e. The lowest BCUT2D eigenvalue weighted by Gasteiger charge is -2.14. The van der Waals surface area contributed by atoms with E-state index >= 15 is 0 Å². The highest BCUT2D eigenvalue weighted by molar-refractivity contribution is 6.32. The third-order valence-corrected chi connectivity index (χ3v) is 4.00. The lowest BCUT2D eigenvalue weighted by atomic mass is 10.1. The van der Waals surface area contributed by atoms with Gasteiger partial charge < -0.3 is 11.1 Å². The van der Waals surface area contributed by atoms with E-state index in [2.05, 4.69) is 30.5 Å². The fraction of sp³-hybridized carbons (Fsp3) is 0.111. The average molecular weight is 451 g/mol. The molecule has 0 aliphatic heterocycles. The van der Waals surface area contributed by atoms with Gasteiger partial charge in [-0.05, 0) is 25.1 Å². The molecule has 31 heavy (non-hydrogen) atoms. The van der Waals surface area contributed by atoms with Crippen molar-refractivity contribution >= 4 is 34.7 Å². The monoisotopic (exact) mass is 450 g/mol. The molecule has 3 aromatic rings. The molecule has 0 saturated heterocycles. The first kappa shape index (κ1) is 21.9. The third kappa shape index (κ3) is 5.22. The highest BCUT2D eigenvalue weighted by Crippen LogP contribution is 2.27. The van der Waals surface area contributed by atoms with Crippen LogP contribution in [0.1, 0.15) is 5.69 Å². The minimum absolute atomic E-state index is 0.0282. The van der Waals surface area contributed by atoms with Crippen molar-refractivity contribution in [2.45, 2.75) is 13.1 Å². The Morgan fingerprint density at radius 3 is 2.58 bits per heavy atom. The van der Waals surface area contributed by atoms with E-state index in [0.717, 1.165) is 4.80 Å². The predicted molar refractivity (Wildman–Crippen MR) is 107 cm³/mol. The quantitative estimate of drug-likeness (QED) is 0.454. The standard InChI is InChI=1S/C18H14ClF3N8O/c1-10-3-2-4-14(27-10)29-15(18(20,21)22)12(8-23)17(31)28-11-7-13(19)16(24-9-11)30-25-5-6-26-30/h2-9H,23H2,1H3,(H,28,31)/b12-8+,29-15-. The van der Waals surface area contributed by atoms with Gasteiger partial charge in [0.1, 0.15) is 0 Å². The SMILES string of the molecule is Cc1cccc(/N=C(/C(=C\N)C(=O)Nc2cnc(-n3nccn3)c(Cl)c2)C(F)(F)F)n1. The van der Waals surface area contributed by atoms with Crippen molar-refractivity contribution in [2.75, 3.05) is 5.32 Å². The number of aryl methyl sites for hydroxylation is 1. The van der Waals surface area contributed by atoms with Gasteiger partial charge in [-0.2, -0.15) is 23.4 Å². The Bertz CT molecular complexity index is 1160. The minimum Gasteiger partial charge on any atom is -0.404 e. The highest BCUT2D eigenvalue weighted by atomic mass is 35.5. The number of hydrogen-bond donors (Lipinski definition) is 2. The molecule has 0 unspecified atom stereocenters. The summed E-state index contributed by atoms with van der Waals surface area (Å²) in [4.78, 5) is 25.1. The van der Waals surface area contributed by atoms with Gasteiger partial charge in [0, 0.05) is 11.9 Å². The van der Waals surface area contributed by atoms with E-state index in [-0.39, 0.29) is 22.3 Å². The molecule has 3 N–H and O–H groups in total. The number of pyridine rings is 2. The lowest BCUT2D eigenvalue weighted by Crippen LogP contribution is -2.32. The van der Waals surface area contributed by atoms with Crippen molar-refractivity contribution in [1.82, 2.24) is 25.0 Å². The number of hydrogen-bond acceptors (Lipinski definition) is 7. The van der Waals surface area contributed by atoms with Crippen LogP contribution in [-0.4, -0.2) is 42.8 Å². The summed E-state index contributed by atoms with van der Waals surface area (Å²) in [6, 6.07) is 5.64. The molecule has 0 atom stereocenters. The minimum atomic E-state index is -4.97. The second kappa shape index (κ2) is 8.92. The van der Waals surface area contributed by atoms with Gasteiger partial charge in [0.25, 0.3) is 5.91 Å². The van der Waals surface area contributed by atoms with Gasteiger partial charge >= 0.3 is 6.18 Å². The molecule has 9 nitrogen and oxygen atoms in total. The Hall–Kier alpha value is -3.80. The van der Waals surface area contributed by atoms with Crippen molar-refractivity contribution in [2.24, 2.45) is 10.7 Å². The zero-order valence-electron chi connectivity index (χ0n) is 15.8. The summed E-state index contributed by atoms with van der Waals surface area (Å²) >= 11 is 6.11. The van der Waals surface area contributed by atoms with Gasteiger partial charge in [-0.15, -0.1) is 4.80 Å². The van der Waals surface area contributed by atoms with Crippen molar-refractivity contribution in [1.29, 1.82) is 0 Å². The average Bonchev–Trinajstić information content (AvgIpc) is 3.21. The van der Waals surface area contributed by atoms with E-state index in [0.29, 0.717) is 11.9 Å². The maximum atomic E-state index is 13.6. The molecule has 3 rings (SSSR count). The number of carbonyl (C=O) groups is 1. The van der Waals surface area contributed by atoms with E-state index in [1.165, 1.54) is 36.8 Å². The van der Waals surface area contributed by atoms with Gasteiger partial charge in [-0.3, -0.25) is 4.79 Å². The number of alkyl halides is 3. The number of nitrogens with one attached hydrogen (secondary N) is 1. The largest absolute Gasteiger partial charge is 0.434 e. The summed E-state index contributed by atoms with van der Waals surface area (Å²) in [6.07, 6.45) is -0.447. The van der Waals surface area contributed by atoms with E-state index in [4.69, 9.17) is 17.3 Å². The highest BCUT2D eigenvalue weighted by Gasteiger charge is 2.40. The molecule has 0 spiro atoms. The first-order valence-electron chi connectivity index (χ1n) is 8.54. The third-order valence-electron chi connectivity index (χ3n) is 3.72. The molecule has 0 saturated carbocycles. The van der Waals surface area contributed by atoms with Gasteiger partial charge in [0.15, 0.2) is 17.3 Å². The van der Waals surface area contributed by atoms with E-state index in [9.17, 15) is 18.0 Å². The summed E-state index contributed by atoms with van der Waals surface area (Å²) in [5.74, 6) is -1.21. The number of anilines is 1. The van der Waals surface area contributed by atoms with Crippen LogP contribution in [0.25, 0.3) is 5.82 Å². The second-order valence-corrected chi connectivity index (χ2v) is 6.38. The molecule has 160 valence electrons. The van der Waals surface area contributed by atoms with Gasteiger partial charge in [0.05, 0.1) is 34.9 Å².